The first-order valence-corrected chi connectivity index (χ1v) is 24.9. The van der Waals surface area contributed by atoms with E-state index in [1.54, 1.807) is 0 Å². The summed E-state index contributed by atoms with van der Waals surface area (Å²) in [5, 5.41) is 12.7. The molecule has 0 saturated carbocycles. The van der Waals surface area contributed by atoms with Crippen LogP contribution < -0.4 is 11.1 Å². The minimum Gasteiger partial charge on any atom is -0.466 e. The molecule has 0 aromatic rings. The number of hydrogen-bond acceptors (Lipinski definition) is 9. The van der Waals surface area contributed by atoms with Gasteiger partial charge in [0.05, 0.1) is 12.3 Å². The van der Waals surface area contributed by atoms with Crippen molar-refractivity contribution in [1.29, 1.82) is 0 Å². The van der Waals surface area contributed by atoms with Gasteiger partial charge in [0, 0.05) is 19.4 Å². The van der Waals surface area contributed by atoms with Gasteiger partial charge in [0.25, 0.3) is 0 Å². The number of hydrogen-bond donors (Lipinski definition) is 3. The van der Waals surface area contributed by atoms with Gasteiger partial charge in [0.2, 0.25) is 5.78 Å². The van der Waals surface area contributed by atoms with E-state index in [4.69, 9.17) is 15.2 Å². The van der Waals surface area contributed by atoms with E-state index < -0.39 is 6.10 Å². The zero-order chi connectivity index (χ0) is 42.3. The molecule has 0 radical (unpaired) electrons. The highest BCUT2D eigenvalue weighted by Crippen LogP contribution is 2.20. The molecule has 4 N–H and O–H groups in total. The van der Waals surface area contributed by atoms with Gasteiger partial charge in [-0.05, 0) is 83.8 Å². The van der Waals surface area contributed by atoms with Crippen LogP contribution in [0, 0.1) is 0 Å². The number of aliphatic hydroxyl groups excluding tert-OH is 1. The molecule has 0 amide bonds. The molecule has 9 heteroatoms. The molecule has 0 aromatic carbocycles. The number of carbonyl (C=O) groups excluding carboxylic acids is 3. The molecule has 0 aromatic heterocycles. The molecule has 58 heavy (non-hydrogen) atoms. The Bertz CT molecular complexity index is 1020. The Kier molecular flexibility index (Phi) is 36.3. The van der Waals surface area contributed by atoms with E-state index in [0.717, 1.165) is 116 Å². The molecule has 1 rings (SSSR count). The molecule has 1 aliphatic carbocycles. The maximum atomic E-state index is 12.8. The topological polar surface area (TPSA) is 131 Å². The lowest BCUT2D eigenvalue weighted by molar-refractivity contribution is -0.150. The van der Waals surface area contributed by atoms with Crippen LogP contribution in [0.4, 0.5) is 0 Å². The summed E-state index contributed by atoms with van der Waals surface area (Å²) in [5.74, 6) is -0.367. The Labute approximate surface area is 357 Å². The molecule has 1 unspecified atom stereocenters. The van der Waals surface area contributed by atoms with Crippen LogP contribution in [0.1, 0.15) is 239 Å². The first kappa shape index (κ1) is 53.9. The van der Waals surface area contributed by atoms with Gasteiger partial charge in [-0.3, -0.25) is 14.4 Å². The molecular weight excluding hydrogens is 727 g/mol. The predicted molar refractivity (Wildman–Crippen MR) is 242 cm³/mol. The monoisotopic (exact) mass is 820 g/mol. The summed E-state index contributed by atoms with van der Waals surface area (Å²) in [6.45, 7) is 11.0. The van der Waals surface area contributed by atoms with Crippen LogP contribution in [0.25, 0.3) is 0 Å². The summed E-state index contributed by atoms with van der Waals surface area (Å²) in [7, 11) is 0. The first-order valence-electron chi connectivity index (χ1n) is 24.9. The summed E-state index contributed by atoms with van der Waals surface area (Å²) >= 11 is 0. The number of carbonyl (C=O) groups is 3. The van der Waals surface area contributed by atoms with Crippen LogP contribution in [0.2, 0.25) is 0 Å². The Morgan fingerprint density at radius 2 is 1.00 bits per heavy atom. The Morgan fingerprint density at radius 1 is 0.586 bits per heavy atom. The molecule has 9 nitrogen and oxygen atoms in total. The van der Waals surface area contributed by atoms with Gasteiger partial charge < -0.3 is 30.5 Å². The van der Waals surface area contributed by atoms with Crippen molar-refractivity contribution >= 4 is 17.7 Å². The lowest BCUT2D eigenvalue weighted by Gasteiger charge is -2.26. The van der Waals surface area contributed by atoms with Crippen molar-refractivity contribution in [3.8, 4) is 0 Å². The summed E-state index contributed by atoms with van der Waals surface area (Å²) in [6, 6.07) is 0. The van der Waals surface area contributed by atoms with Gasteiger partial charge in [0.15, 0.2) is 6.10 Å². The van der Waals surface area contributed by atoms with Crippen molar-refractivity contribution in [2.45, 2.75) is 251 Å². The number of rotatable bonds is 44. The van der Waals surface area contributed by atoms with E-state index in [9.17, 15) is 19.5 Å². The quantitative estimate of drug-likeness (QED) is 0.0406. The smallest absolute Gasteiger partial charge is 0.306 e. The summed E-state index contributed by atoms with van der Waals surface area (Å²) < 4.78 is 11.5. The maximum absolute atomic E-state index is 12.8. The molecule has 0 aliphatic heterocycles. The van der Waals surface area contributed by atoms with E-state index in [1.165, 1.54) is 109 Å². The van der Waals surface area contributed by atoms with E-state index in [0.29, 0.717) is 31.7 Å². The zero-order valence-electron chi connectivity index (χ0n) is 38.2. The fourth-order valence-electron chi connectivity index (χ4n) is 7.92. The van der Waals surface area contributed by atoms with Crippen molar-refractivity contribution in [2.75, 3.05) is 32.8 Å². The van der Waals surface area contributed by atoms with Crippen LogP contribution in [-0.2, 0) is 23.9 Å². The fraction of sp³-hybridized carbons (Fsp3) is 0.898. The minimum absolute atomic E-state index is 0.00360. The third-order valence-corrected chi connectivity index (χ3v) is 11.8. The van der Waals surface area contributed by atoms with Gasteiger partial charge >= 0.3 is 11.9 Å². The molecule has 1 aliphatic rings. The van der Waals surface area contributed by atoms with Crippen LogP contribution in [0.3, 0.4) is 0 Å². The number of esters is 2. The van der Waals surface area contributed by atoms with Crippen LogP contribution in [0.5, 0.6) is 0 Å². The number of Topliss-reactive ketones (excluding diaryl/α,β-unsaturated/α-hetero) is 1. The van der Waals surface area contributed by atoms with Gasteiger partial charge in [-0.2, -0.15) is 0 Å². The van der Waals surface area contributed by atoms with Crippen LogP contribution in [0.15, 0.2) is 11.4 Å². The number of nitrogens with two attached hydrogens (primary N) is 1. The summed E-state index contributed by atoms with van der Waals surface area (Å²) in [6.07, 6.45) is 37.4. The lowest BCUT2D eigenvalue weighted by atomic mass is 9.96. The standard InChI is InChI=1S/C49H93N3O6/c1-4-7-10-13-16-25-32-42-57-44(53)36-28-21-17-23-30-39-52(41-33-38-51-47-46(50)48(55)49(47)56)40-31-24-18-22-29-37-45(54)58-43(34-26-19-14-11-8-5-2)35-27-20-15-12-9-6-3/h43,48,51,55H,4-42,50H2,1-3H3. The van der Waals surface area contributed by atoms with E-state index in [1.807, 2.05) is 0 Å². The number of unbranched alkanes of at least 4 members (excludes halogenated alkanes) is 24. The molecular formula is C49H93N3O6. The maximum Gasteiger partial charge on any atom is 0.306 e. The third-order valence-electron chi connectivity index (χ3n) is 11.8. The number of aliphatic hydroxyl groups is 1. The highest BCUT2D eigenvalue weighted by atomic mass is 16.5. The lowest BCUT2D eigenvalue weighted by Crippen LogP contribution is -2.46. The van der Waals surface area contributed by atoms with Gasteiger partial charge in [-0.1, -0.05) is 162 Å². The van der Waals surface area contributed by atoms with Gasteiger partial charge in [-0.25, -0.2) is 0 Å². The summed E-state index contributed by atoms with van der Waals surface area (Å²) in [4.78, 5) is 39.3. The van der Waals surface area contributed by atoms with Crippen LogP contribution >= 0.6 is 0 Å². The molecule has 0 spiro atoms. The second-order valence-electron chi connectivity index (χ2n) is 17.3. The number of ketones is 1. The molecule has 0 heterocycles. The number of nitrogens with one attached hydrogen (secondary N) is 1. The number of nitrogens with zero attached hydrogens (tertiary/aromatic N) is 1. The van der Waals surface area contributed by atoms with Crippen molar-refractivity contribution in [3.63, 3.8) is 0 Å². The zero-order valence-corrected chi connectivity index (χ0v) is 38.2. The fourth-order valence-corrected chi connectivity index (χ4v) is 7.92. The predicted octanol–water partition coefficient (Wildman–Crippen LogP) is 11.8. The largest absolute Gasteiger partial charge is 0.466 e. The van der Waals surface area contributed by atoms with Gasteiger partial charge in [-0.15, -0.1) is 0 Å². The SMILES string of the molecule is CCCCCCCCCOC(=O)CCCCCCCN(CCCCCCCC(=O)OC(CCCCCCCC)CCCCCCCC)CCCNC1=C(N)C(O)C1=O. The van der Waals surface area contributed by atoms with Crippen molar-refractivity contribution in [3.05, 3.63) is 11.4 Å². The molecule has 1 atom stereocenters. The Hall–Kier alpha value is -2.13. The second-order valence-corrected chi connectivity index (χ2v) is 17.3. The molecule has 0 fully saturated rings. The Morgan fingerprint density at radius 3 is 1.50 bits per heavy atom. The molecule has 0 saturated heterocycles. The van der Waals surface area contributed by atoms with Crippen LogP contribution in [-0.4, -0.2) is 72.7 Å². The highest BCUT2D eigenvalue weighted by Gasteiger charge is 2.35. The molecule has 340 valence electrons. The first-order chi connectivity index (χ1) is 28.3. The van der Waals surface area contributed by atoms with E-state index >= 15 is 0 Å². The minimum atomic E-state index is -1.15. The van der Waals surface area contributed by atoms with Gasteiger partial charge in [0.1, 0.15) is 11.8 Å². The second kappa shape index (κ2) is 39.0. The summed E-state index contributed by atoms with van der Waals surface area (Å²) in [5.41, 5.74) is 6.41. The van der Waals surface area contributed by atoms with Crippen molar-refractivity contribution in [2.24, 2.45) is 5.73 Å². The van der Waals surface area contributed by atoms with E-state index in [-0.39, 0.29) is 29.5 Å². The average Bonchev–Trinajstić information content (AvgIpc) is 3.22. The van der Waals surface area contributed by atoms with E-state index in [2.05, 4.69) is 31.0 Å². The number of ether oxygens (including phenoxy) is 2. The Balaban J connectivity index is 2.32. The average molecular weight is 820 g/mol. The third kappa shape index (κ3) is 30.0. The van der Waals surface area contributed by atoms with Crippen molar-refractivity contribution < 1.29 is 29.0 Å². The normalized spacial score (nSPS) is 14.1. The highest BCUT2D eigenvalue weighted by molar-refractivity contribution is 6.07. The molecule has 0 bridgehead atoms. The van der Waals surface area contributed by atoms with Crippen molar-refractivity contribution in [1.82, 2.24) is 10.2 Å².